The first-order valence-electron chi connectivity index (χ1n) is 7.25. The highest BCUT2D eigenvalue weighted by molar-refractivity contribution is 7.92. The summed E-state index contributed by atoms with van der Waals surface area (Å²) in [5, 5.41) is -0.294. The molecule has 0 aromatic carbocycles. The Bertz CT molecular complexity index is 421. The van der Waals surface area contributed by atoms with Crippen LogP contribution in [-0.4, -0.2) is 49.4 Å². The highest BCUT2D eigenvalue weighted by Gasteiger charge is 2.34. The summed E-state index contributed by atoms with van der Waals surface area (Å²) in [6.07, 6.45) is 6.28. The quantitative estimate of drug-likeness (QED) is 0.840. The average Bonchev–Trinajstić information content (AvgIpc) is 2.93. The summed E-state index contributed by atoms with van der Waals surface area (Å²) in [5.41, 5.74) is 5.67. The number of piperidine rings is 1. The summed E-state index contributed by atoms with van der Waals surface area (Å²) in [5.74, 6) is -0.573. The minimum atomic E-state index is -3.27. The molecule has 1 amide bonds. The lowest BCUT2D eigenvalue weighted by Crippen LogP contribution is -2.49. The van der Waals surface area contributed by atoms with E-state index in [1.165, 1.54) is 0 Å². The van der Waals surface area contributed by atoms with Crippen LogP contribution in [0.3, 0.4) is 0 Å². The molecule has 5 nitrogen and oxygen atoms in total. The molecule has 20 heavy (non-hydrogen) atoms. The number of sulfone groups is 1. The Kier molecular flexibility index (Phi) is 6.75. The van der Waals surface area contributed by atoms with Crippen molar-refractivity contribution in [3.63, 3.8) is 0 Å². The van der Waals surface area contributed by atoms with Crippen LogP contribution in [-0.2, 0) is 14.6 Å². The topological polar surface area (TPSA) is 80.5 Å². The van der Waals surface area contributed by atoms with E-state index in [0.29, 0.717) is 13.1 Å². The third kappa shape index (κ3) is 4.09. The van der Waals surface area contributed by atoms with Gasteiger partial charge in [-0.3, -0.25) is 4.79 Å². The van der Waals surface area contributed by atoms with Crippen LogP contribution in [0.15, 0.2) is 0 Å². The summed E-state index contributed by atoms with van der Waals surface area (Å²) in [6.45, 7) is 1.08. The SMILES string of the molecule is Cl.NCC1CCCCN1C(=O)CS(=O)(=O)C1CCCC1. The molecular formula is C13H25ClN2O3S. The molecule has 1 saturated heterocycles. The van der Waals surface area contributed by atoms with Gasteiger partial charge in [-0.15, -0.1) is 12.4 Å². The number of carbonyl (C=O) groups excluding carboxylic acids is 1. The van der Waals surface area contributed by atoms with Gasteiger partial charge in [-0.2, -0.15) is 0 Å². The van der Waals surface area contributed by atoms with Gasteiger partial charge in [0, 0.05) is 19.1 Å². The van der Waals surface area contributed by atoms with Crippen LogP contribution < -0.4 is 5.73 Å². The van der Waals surface area contributed by atoms with E-state index in [2.05, 4.69) is 0 Å². The summed E-state index contributed by atoms with van der Waals surface area (Å²) in [4.78, 5) is 13.9. The maximum Gasteiger partial charge on any atom is 0.238 e. The summed E-state index contributed by atoms with van der Waals surface area (Å²) >= 11 is 0. The van der Waals surface area contributed by atoms with E-state index in [1.54, 1.807) is 4.90 Å². The van der Waals surface area contributed by atoms with E-state index < -0.39 is 9.84 Å². The predicted octanol–water partition coefficient (Wildman–Crippen LogP) is 1.11. The molecule has 1 heterocycles. The molecule has 0 aromatic heterocycles. The highest BCUT2D eigenvalue weighted by atomic mass is 35.5. The number of nitrogens with zero attached hydrogens (tertiary/aromatic N) is 1. The van der Waals surface area contributed by atoms with E-state index >= 15 is 0 Å². The largest absolute Gasteiger partial charge is 0.338 e. The Labute approximate surface area is 127 Å². The third-order valence-corrected chi connectivity index (χ3v) is 6.49. The zero-order valence-corrected chi connectivity index (χ0v) is 13.4. The maximum absolute atomic E-state index is 12.2. The van der Waals surface area contributed by atoms with Crippen molar-refractivity contribution in [2.45, 2.75) is 56.2 Å². The van der Waals surface area contributed by atoms with Gasteiger partial charge >= 0.3 is 0 Å². The van der Waals surface area contributed by atoms with Crippen LogP contribution in [0.25, 0.3) is 0 Å². The van der Waals surface area contributed by atoms with Crippen molar-refractivity contribution in [3.05, 3.63) is 0 Å². The minimum Gasteiger partial charge on any atom is -0.338 e. The molecule has 2 rings (SSSR count). The first-order chi connectivity index (χ1) is 9.04. The first-order valence-corrected chi connectivity index (χ1v) is 8.97. The van der Waals surface area contributed by atoms with Crippen LogP contribution in [0.1, 0.15) is 44.9 Å². The lowest BCUT2D eigenvalue weighted by molar-refractivity contribution is -0.131. The standard InChI is InChI=1S/C13H24N2O3S.ClH/c14-9-11-5-3-4-8-15(11)13(16)10-19(17,18)12-6-1-2-7-12;/h11-12H,1-10,14H2;1H. The number of nitrogens with two attached hydrogens (primary N) is 1. The normalized spacial score (nSPS) is 24.4. The van der Waals surface area contributed by atoms with Crippen LogP contribution in [0.4, 0.5) is 0 Å². The number of rotatable bonds is 4. The first kappa shape index (κ1) is 17.7. The van der Waals surface area contributed by atoms with Gasteiger partial charge in [0.2, 0.25) is 5.91 Å². The van der Waals surface area contributed by atoms with E-state index in [4.69, 9.17) is 5.73 Å². The lowest BCUT2D eigenvalue weighted by Gasteiger charge is -2.35. The Morgan fingerprint density at radius 1 is 1.10 bits per heavy atom. The molecule has 1 aliphatic carbocycles. The van der Waals surface area contributed by atoms with Crippen LogP contribution >= 0.6 is 12.4 Å². The number of halogens is 1. The van der Waals surface area contributed by atoms with Gasteiger partial charge in [-0.25, -0.2) is 8.42 Å². The smallest absolute Gasteiger partial charge is 0.238 e. The number of amides is 1. The molecule has 1 unspecified atom stereocenters. The molecule has 118 valence electrons. The zero-order chi connectivity index (χ0) is 13.9. The van der Waals surface area contributed by atoms with E-state index in [9.17, 15) is 13.2 Å². The Morgan fingerprint density at radius 2 is 1.70 bits per heavy atom. The molecule has 0 spiro atoms. The monoisotopic (exact) mass is 324 g/mol. The molecule has 7 heteroatoms. The number of carbonyl (C=O) groups is 1. The van der Waals surface area contributed by atoms with Crippen molar-refractivity contribution >= 4 is 28.2 Å². The van der Waals surface area contributed by atoms with Gasteiger partial charge < -0.3 is 10.6 Å². The van der Waals surface area contributed by atoms with Gasteiger partial charge in [0.05, 0.1) is 5.25 Å². The molecule has 2 fully saturated rings. The van der Waals surface area contributed by atoms with Crippen molar-refractivity contribution < 1.29 is 13.2 Å². The van der Waals surface area contributed by atoms with Crippen molar-refractivity contribution in [1.29, 1.82) is 0 Å². The molecule has 0 aromatic rings. The summed E-state index contributed by atoms with van der Waals surface area (Å²) in [6, 6.07) is 0.0278. The second-order valence-electron chi connectivity index (χ2n) is 5.69. The summed E-state index contributed by atoms with van der Waals surface area (Å²) < 4.78 is 24.4. The molecule has 2 aliphatic rings. The molecule has 0 radical (unpaired) electrons. The number of likely N-dealkylation sites (tertiary alicyclic amines) is 1. The van der Waals surface area contributed by atoms with Gasteiger partial charge in [-0.1, -0.05) is 12.8 Å². The fourth-order valence-corrected chi connectivity index (χ4v) is 4.99. The van der Waals surface area contributed by atoms with Crippen molar-refractivity contribution in [1.82, 2.24) is 4.90 Å². The van der Waals surface area contributed by atoms with E-state index in [0.717, 1.165) is 44.9 Å². The van der Waals surface area contributed by atoms with Crippen molar-refractivity contribution in [2.75, 3.05) is 18.8 Å². The van der Waals surface area contributed by atoms with E-state index in [-0.39, 0.29) is 35.4 Å². The second-order valence-corrected chi connectivity index (χ2v) is 7.97. The lowest BCUT2D eigenvalue weighted by atomic mass is 10.0. The van der Waals surface area contributed by atoms with Crippen LogP contribution in [0.5, 0.6) is 0 Å². The Balaban J connectivity index is 0.00000200. The maximum atomic E-state index is 12.2. The van der Waals surface area contributed by atoms with Gasteiger partial charge in [-0.05, 0) is 32.1 Å². The van der Waals surface area contributed by atoms with E-state index in [1.807, 2.05) is 0 Å². The average molecular weight is 325 g/mol. The molecule has 1 saturated carbocycles. The third-order valence-electron chi connectivity index (χ3n) is 4.35. The fourth-order valence-electron chi connectivity index (χ4n) is 3.19. The van der Waals surface area contributed by atoms with Gasteiger partial charge in [0.25, 0.3) is 0 Å². The fraction of sp³-hybridized carbons (Fsp3) is 0.923. The minimum absolute atomic E-state index is 0. The van der Waals surface area contributed by atoms with Gasteiger partial charge in [0.1, 0.15) is 5.75 Å². The van der Waals surface area contributed by atoms with Crippen molar-refractivity contribution in [3.8, 4) is 0 Å². The molecule has 1 aliphatic heterocycles. The summed E-state index contributed by atoms with van der Waals surface area (Å²) in [7, 11) is -3.27. The number of hydrogen-bond donors (Lipinski definition) is 1. The van der Waals surface area contributed by atoms with Crippen LogP contribution in [0, 0.1) is 0 Å². The zero-order valence-electron chi connectivity index (χ0n) is 11.8. The molecular weight excluding hydrogens is 300 g/mol. The Morgan fingerprint density at radius 3 is 2.30 bits per heavy atom. The van der Waals surface area contributed by atoms with Crippen LogP contribution in [0.2, 0.25) is 0 Å². The Hall–Kier alpha value is -0.330. The molecule has 1 atom stereocenters. The highest BCUT2D eigenvalue weighted by Crippen LogP contribution is 2.26. The predicted molar refractivity (Wildman–Crippen MR) is 81.7 cm³/mol. The van der Waals surface area contributed by atoms with Crippen molar-refractivity contribution in [2.24, 2.45) is 5.73 Å². The van der Waals surface area contributed by atoms with Gasteiger partial charge in [0.15, 0.2) is 9.84 Å². The molecule has 2 N–H and O–H groups in total. The second kappa shape index (κ2) is 7.61. The molecule has 0 bridgehead atoms. The number of hydrogen-bond acceptors (Lipinski definition) is 4.